The number of ether oxygens (including phenoxy) is 1. The third kappa shape index (κ3) is 2.71. The van der Waals surface area contributed by atoms with Crippen LogP contribution in [0, 0.1) is 5.82 Å². The molecule has 2 N–H and O–H groups in total. The normalized spacial score (nSPS) is 25.9. The molecule has 1 saturated heterocycles. The molecule has 2 atom stereocenters. The SMILES string of the molecule is COC1C=CC2=C(C1)C(=O)N(C[C@@]1(c3cc4ncc(F)cc4o3)NC(=O)NC1=O)C2. The lowest BCUT2D eigenvalue weighted by molar-refractivity contribution is -0.130. The van der Waals surface area contributed by atoms with Crippen molar-refractivity contribution < 1.29 is 27.9 Å². The molecule has 30 heavy (non-hydrogen) atoms. The van der Waals surface area contributed by atoms with Gasteiger partial charge in [-0.05, 0) is 5.57 Å². The van der Waals surface area contributed by atoms with Crippen LogP contribution in [0.4, 0.5) is 9.18 Å². The Hall–Kier alpha value is -3.53. The van der Waals surface area contributed by atoms with E-state index < -0.39 is 23.3 Å². The second kappa shape index (κ2) is 6.49. The average Bonchev–Trinajstić information content (AvgIpc) is 3.36. The maximum atomic E-state index is 13.5. The van der Waals surface area contributed by atoms with Crippen molar-refractivity contribution in [1.29, 1.82) is 0 Å². The minimum Gasteiger partial charge on any atom is -0.456 e. The lowest BCUT2D eigenvalue weighted by Crippen LogP contribution is -2.53. The van der Waals surface area contributed by atoms with E-state index in [0.717, 1.165) is 17.8 Å². The van der Waals surface area contributed by atoms with Crippen LogP contribution in [0.1, 0.15) is 12.2 Å². The van der Waals surface area contributed by atoms with E-state index in [1.165, 1.54) is 11.0 Å². The van der Waals surface area contributed by atoms with Crippen LogP contribution in [0.5, 0.6) is 0 Å². The van der Waals surface area contributed by atoms with E-state index in [0.29, 0.717) is 24.1 Å². The van der Waals surface area contributed by atoms with E-state index in [9.17, 15) is 18.8 Å². The predicted molar refractivity (Wildman–Crippen MR) is 100 cm³/mol. The molecule has 1 aliphatic carbocycles. The number of imide groups is 1. The molecule has 4 amide bonds. The van der Waals surface area contributed by atoms with Crippen LogP contribution in [-0.2, 0) is 19.9 Å². The first kappa shape index (κ1) is 18.5. The van der Waals surface area contributed by atoms with Crippen LogP contribution >= 0.6 is 0 Å². The fraction of sp³-hybridized carbons (Fsp3) is 0.300. The number of pyridine rings is 1. The number of nitrogens with one attached hydrogen (secondary N) is 2. The highest BCUT2D eigenvalue weighted by Crippen LogP contribution is 2.35. The quantitative estimate of drug-likeness (QED) is 0.728. The standard InChI is InChI=1S/C20H17FN4O5/c1-29-12-3-2-10-8-25(17(26)13(10)5-12)9-20(18(27)23-19(28)24-20)16-6-14-15(30-16)4-11(21)7-22-14/h2-4,6-7,12H,5,8-9H2,1H3,(H2,23,24,27,28)/t12?,20-/m0/s1. The monoisotopic (exact) mass is 412 g/mol. The Morgan fingerprint density at radius 2 is 2.20 bits per heavy atom. The highest BCUT2D eigenvalue weighted by atomic mass is 19.1. The van der Waals surface area contributed by atoms with Crippen LogP contribution in [0.15, 0.2) is 46.0 Å². The zero-order valence-electron chi connectivity index (χ0n) is 15.9. The second-order valence-corrected chi connectivity index (χ2v) is 7.46. The summed E-state index contributed by atoms with van der Waals surface area (Å²) in [4.78, 5) is 43.3. The van der Waals surface area contributed by atoms with E-state index in [4.69, 9.17) is 9.15 Å². The molecule has 154 valence electrons. The van der Waals surface area contributed by atoms with Crippen molar-refractivity contribution in [3.8, 4) is 0 Å². The maximum absolute atomic E-state index is 13.5. The molecule has 9 nitrogen and oxygen atoms in total. The van der Waals surface area contributed by atoms with Gasteiger partial charge in [-0.25, -0.2) is 14.2 Å². The molecule has 0 spiro atoms. The number of aromatic nitrogens is 1. The molecule has 0 aromatic carbocycles. The van der Waals surface area contributed by atoms with Gasteiger partial charge in [0.1, 0.15) is 17.1 Å². The van der Waals surface area contributed by atoms with E-state index in [1.54, 1.807) is 7.11 Å². The summed E-state index contributed by atoms with van der Waals surface area (Å²) in [5.41, 5.74) is 0.285. The van der Waals surface area contributed by atoms with Gasteiger partial charge in [-0.2, -0.15) is 0 Å². The molecule has 10 heteroatoms. The van der Waals surface area contributed by atoms with Gasteiger partial charge in [-0.1, -0.05) is 12.2 Å². The number of carbonyl (C=O) groups is 3. The van der Waals surface area contributed by atoms with Crippen molar-refractivity contribution in [3.05, 3.63) is 53.2 Å². The van der Waals surface area contributed by atoms with Gasteiger partial charge in [-0.3, -0.25) is 14.9 Å². The van der Waals surface area contributed by atoms with Crippen molar-refractivity contribution in [3.63, 3.8) is 0 Å². The number of halogens is 1. The predicted octanol–water partition coefficient (Wildman–Crippen LogP) is 1.12. The Labute approximate surface area is 169 Å². The number of urea groups is 1. The molecule has 0 radical (unpaired) electrons. The van der Waals surface area contributed by atoms with Gasteiger partial charge >= 0.3 is 6.03 Å². The van der Waals surface area contributed by atoms with Crippen molar-refractivity contribution >= 4 is 28.9 Å². The van der Waals surface area contributed by atoms with Gasteiger partial charge in [0.05, 0.1) is 18.8 Å². The number of nitrogens with zero attached hydrogens (tertiary/aromatic N) is 2. The summed E-state index contributed by atoms with van der Waals surface area (Å²) in [6.07, 6.45) is 5.01. The van der Waals surface area contributed by atoms with Gasteiger partial charge in [0.25, 0.3) is 11.8 Å². The van der Waals surface area contributed by atoms with Gasteiger partial charge in [-0.15, -0.1) is 0 Å². The Bertz CT molecular complexity index is 1170. The summed E-state index contributed by atoms with van der Waals surface area (Å²) in [5, 5.41) is 4.79. The Balaban J connectivity index is 1.50. The summed E-state index contributed by atoms with van der Waals surface area (Å²) in [6, 6.07) is 1.91. The lowest BCUT2D eigenvalue weighted by atomic mass is 9.95. The number of amides is 4. The summed E-state index contributed by atoms with van der Waals surface area (Å²) in [7, 11) is 1.57. The van der Waals surface area contributed by atoms with E-state index >= 15 is 0 Å². The van der Waals surface area contributed by atoms with E-state index in [2.05, 4.69) is 15.6 Å². The minimum atomic E-state index is -1.65. The average molecular weight is 412 g/mol. The number of hydrogen-bond donors (Lipinski definition) is 2. The van der Waals surface area contributed by atoms with Crippen LogP contribution in [0.3, 0.4) is 0 Å². The number of hydrogen-bond acceptors (Lipinski definition) is 6. The molecule has 2 aromatic rings. The zero-order chi connectivity index (χ0) is 21.0. The molecule has 2 aliphatic heterocycles. The molecule has 5 rings (SSSR count). The van der Waals surface area contributed by atoms with Crippen molar-refractivity contribution in [1.82, 2.24) is 20.5 Å². The van der Waals surface area contributed by atoms with Gasteiger partial charge in [0.15, 0.2) is 11.1 Å². The molecular formula is C20H17FN4O5. The number of fused-ring (bicyclic) bond motifs is 1. The summed E-state index contributed by atoms with van der Waals surface area (Å²) in [5.74, 6) is -1.41. The fourth-order valence-electron chi connectivity index (χ4n) is 4.10. The molecule has 3 aliphatic rings. The third-order valence-corrected chi connectivity index (χ3v) is 5.64. The van der Waals surface area contributed by atoms with Crippen LogP contribution in [-0.4, -0.2) is 54.0 Å². The molecule has 4 heterocycles. The van der Waals surface area contributed by atoms with Crippen LogP contribution in [0.2, 0.25) is 0 Å². The number of methoxy groups -OCH3 is 1. The number of rotatable bonds is 4. The summed E-state index contributed by atoms with van der Waals surface area (Å²) >= 11 is 0. The Kier molecular flexibility index (Phi) is 4.00. The Morgan fingerprint density at radius 3 is 2.93 bits per heavy atom. The molecule has 1 unspecified atom stereocenters. The van der Waals surface area contributed by atoms with Gasteiger partial charge in [0, 0.05) is 37.8 Å². The van der Waals surface area contributed by atoms with Gasteiger partial charge in [0.2, 0.25) is 0 Å². The zero-order valence-corrected chi connectivity index (χ0v) is 15.9. The summed E-state index contributed by atoms with van der Waals surface area (Å²) < 4.78 is 24.5. The van der Waals surface area contributed by atoms with E-state index in [1.807, 2.05) is 12.2 Å². The largest absolute Gasteiger partial charge is 0.456 e. The number of carbonyl (C=O) groups excluding carboxylic acids is 3. The van der Waals surface area contributed by atoms with Crippen LogP contribution < -0.4 is 10.6 Å². The van der Waals surface area contributed by atoms with Crippen LogP contribution in [0.25, 0.3) is 11.1 Å². The highest BCUT2D eigenvalue weighted by Gasteiger charge is 2.53. The first-order valence-corrected chi connectivity index (χ1v) is 9.31. The van der Waals surface area contributed by atoms with Gasteiger partial charge < -0.3 is 19.4 Å². The topological polar surface area (TPSA) is 114 Å². The molecular weight excluding hydrogens is 395 g/mol. The fourth-order valence-corrected chi connectivity index (χ4v) is 4.10. The number of furan rings is 1. The minimum absolute atomic E-state index is 0.0712. The highest BCUT2D eigenvalue weighted by molar-refractivity contribution is 6.08. The molecule has 0 bridgehead atoms. The van der Waals surface area contributed by atoms with Crippen molar-refractivity contribution in [2.75, 3.05) is 20.2 Å². The third-order valence-electron chi connectivity index (χ3n) is 5.64. The maximum Gasteiger partial charge on any atom is 0.322 e. The second-order valence-electron chi connectivity index (χ2n) is 7.46. The van der Waals surface area contributed by atoms with Crippen molar-refractivity contribution in [2.24, 2.45) is 0 Å². The van der Waals surface area contributed by atoms with Crippen molar-refractivity contribution in [2.45, 2.75) is 18.1 Å². The lowest BCUT2D eigenvalue weighted by Gasteiger charge is -2.29. The first-order valence-electron chi connectivity index (χ1n) is 9.31. The van der Waals surface area contributed by atoms with E-state index in [-0.39, 0.29) is 29.9 Å². The Morgan fingerprint density at radius 1 is 1.37 bits per heavy atom. The molecule has 2 aromatic heterocycles. The first-order chi connectivity index (χ1) is 14.4. The molecule has 0 saturated carbocycles. The smallest absolute Gasteiger partial charge is 0.322 e. The molecule has 1 fully saturated rings. The summed E-state index contributed by atoms with van der Waals surface area (Å²) in [6.45, 7) is 0.142.